The van der Waals surface area contributed by atoms with Crippen LogP contribution in [0.1, 0.15) is 17.3 Å². The van der Waals surface area contributed by atoms with Crippen LogP contribution in [0.5, 0.6) is 0 Å². The van der Waals surface area contributed by atoms with Gasteiger partial charge in [0.1, 0.15) is 0 Å². The van der Waals surface area contributed by atoms with Gasteiger partial charge in [0.25, 0.3) is 5.56 Å². The van der Waals surface area contributed by atoms with Crippen LogP contribution in [0, 0.1) is 0 Å². The normalized spacial score (nSPS) is 9.55. The number of nitrogens with one attached hydrogen (secondary N) is 1. The molecule has 1 heterocycles. The van der Waals surface area contributed by atoms with E-state index in [0.717, 1.165) is 0 Å². The van der Waals surface area contributed by atoms with Crippen molar-refractivity contribution in [1.82, 2.24) is 4.98 Å². The maximum atomic E-state index is 10.7. The zero-order valence-electron chi connectivity index (χ0n) is 6.05. The SMILES string of the molecule is CC(=O)c1c[nH]c(=O)c(N)c1. The molecular formula is C7H8N2O2. The number of nitrogen functional groups attached to an aromatic ring is 1. The van der Waals surface area contributed by atoms with E-state index in [1.165, 1.54) is 19.2 Å². The van der Waals surface area contributed by atoms with Crippen LogP contribution in [0.3, 0.4) is 0 Å². The minimum Gasteiger partial charge on any atom is -0.394 e. The van der Waals surface area contributed by atoms with Gasteiger partial charge in [0.05, 0.1) is 5.69 Å². The van der Waals surface area contributed by atoms with Crippen LogP contribution in [-0.2, 0) is 0 Å². The summed E-state index contributed by atoms with van der Waals surface area (Å²) in [5, 5.41) is 0. The number of pyridine rings is 1. The van der Waals surface area contributed by atoms with Crippen molar-refractivity contribution in [2.45, 2.75) is 6.92 Å². The third-order valence-electron chi connectivity index (χ3n) is 1.34. The van der Waals surface area contributed by atoms with E-state index in [9.17, 15) is 9.59 Å². The molecule has 0 fully saturated rings. The number of carbonyl (C=O) groups is 1. The number of ketones is 1. The van der Waals surface area contributed by atoms with E-state index in [0.29, 0.717) is 5.56 Å². The van der Waals surface area contributed by atoms with Gasteiger partial charge in [-0.2, -0.15) is 0 Å². The van der Waals surface area contributed by atoms with Gasteiger partial charge < -0.3 is 10.7 Å². The molecule has 0 aromatic carbocycles. The van der Waals surface area contributed by atoms with Crippen molar-refractivity contribution >= 4 is 11.5 Å². The van der Waals surface area contributed by atoms with Crippen LogP contribution in [-0.4, -0.2) is 10.8 Å². The second-order valence-corrected chi connectivity index (χ2v) is 2.23. The van der Waals surface area contributed by atoms with E-state index in [1.54, 1.807) is 0 Å². The van der Waals surface area contributed by atoms with Crippen molar-refractivity contribution in [2.75, 3.05) is 5.73 Å². The first kappa shape index (κ1) is 7.53. The van der Waals surface area contributed by atoms with Crippen LogP contribution >= 0.6 is 0 Å². The standard InChI is InChI=1S/C7H8N2O2/c1-4(10)5-2-6(8)7(11)9-3-5/h2-3H,8H2,1H3,(H,9,11). The Labute approximate surface area is 63.0 Å². The maximum Gasteiger partial charge on any atom is 0.271 e. The molecule has 4 heteroatoms. The van der Waals surface area contributed by atoms with Crippen LogP contribution in [0.25, 0.3) is 0 Å². The number of nitrogens with two attached hydrogens (primary N) is 1. The molecule has 1 aromatic rings. The highest BCUT2D eigenvalue weighted by atomic mass is 16.1. The fourth-order valence-corrected chi connectivity index (χ4v) is 0.705. The Balaban J connectivity index is 3.26. The topological polar surface area (TPSA) is 76.0 Å². The summed E-state index contributed by atoms with van der Waals surface area (Å²) in [5.41, 5.74) is 5.38. The van der Waals surface area contributed by atoms with E-state index in [1.807, 2.05) is 0 Å². The summed E-state index contributed by atoms with van der Waals surface area (Å²) in [4.78, 5) is 23.8. The molecular weight excluding hydrogens is 144 g/mol. The highest BCUT2D eigenvalue weighted by Crippen LogP contribution is 1.99. The third-order valence-corrected chi connectivity index (χ3v) is 1.34. The Morgan fingerprint density at radius 1 is 1.64 bits per heavy atom. The first-order chi connectivity index (χ1) is 5.11. The average Bonchev–Trinajstić information content (AvgIpc) is 1.94. The van der Waals surface area contributed by atoms with Gasteiger partial charge in [-0.25, -0.2) is 0 Å². The lowest BCUT2D eigenvalue weighted by molar-refractivity contribution is 0.101. The summed E-state index contributed by atoms with van der Waals surface area (Å²) in [6.07, 6.45) is 1.35. The van der Waals surface area contributed by atoms with E-state index in [4.69, 9.17) is 5.73 Å². The maximum absolute atomic E-state index is 10.7. The third kappa shape index (κ3) is 1.46. The second kappa shape index (κ2) is 2.57. The Kier molecular flexibility index (Phi) is 1.76. The van der Waals surface area contributed by atoms with Crippen LogP contribution < -0.4 is 11.3 Å². The Hall–Kier alpha value is -1.58. The van der Waals surface area contributed by atoms with Gasteiger partial charge in [-0.1, -0.05) is 0 Å². The molecule has 0 saturated carbocycles. The lowest BCUT2D eigenvalue weighted by Crippen LogP contribution is -2.12. The quantitative estimate of drug-likeness (QED) is 0.563. The van der Waals surface area contributed by atoms with E-state index in [-0.39, 0.29) is 17.0 Å². The number of carbonyl (C=O) groups excluding carboxylic acids is 1. The molecule has 0 aliphatic carbocycles. The molecule has 0 bridgehead atoms. The number of aromatic amines is 1. The molecule has 0 spiro atoms. The van der Waals surface area contributed by atoms with Gasteiger partial charge in [0.15, 0.2) is 5.78 Å². The zero-order valence-corrected chi connectivity index (χ0v) is 6.05. The second-order valence-electron chi connectivity index (χ2n) is 2.23. The summed E-state index contributed by atoms with van der Waals surface area (Å²) in [6, 6.07) is 1.36. The summed E-state index contributed by atoms with van der Waals surface area (Å²) in [6.45, 7) is 1.41. The Bertz CT molecular complexity index is 341. The fourth-order valence-electron chi connectivity index (χ4n) is 0.705. The van der Waals surface area contributed by atoms with Crippen molar-refractivity contribution in [3.63, 3.8) is 0 Å². The molecule has 3 N–H and O–H groups in total. The number of rotatable bonds is 1. The van der Waals surface area contributed by atoms with E-state index < -0.39 is 0 Å². The zero-order chi connectivity index (χ0) is 8.43. The van der Waals surface area contributed by atoms with Crippen LogP contribution in [0.4, 0.5) is 5.69 Å². The molecule has 58 valence electrons. The molecule has 4 nitrogen and oxygen atoms in total. The van der Waals surface area contributed by atoms with Crippen molar-refractivity contribution in [3.8, 4) is 0 Å². The first-order valence-corrected chi connectivity index (χ1v) is 3.10. The van der Waals surface area contributed by atoms with E-state index in [2.05, 4.69) is 4.98 Å². The van der Waals surface area contributed by atoms with Crippen LogP contribution in [0.2, 0.25) is 0 Å². The molecule has 0 radical (unpaired) electrons. The molecule has 1 aromatic heterocycles. The molecule has 0 saturated heterocycles. The van der Waals surface area contributed by atoms with Gasteiger partial charge in [0, 0.05) is 11.8 Å². The molecule has 0 unspecified atom stereocenters. The summed E-state index contributed by atoms with van der Waals surface area (Å²) in [5.74, 6) is -0.118. The van der Waals surface area contributed by atoms with Gasteiger partial charge in [0.2, 0.25) is 0 Å². The van der Waals surface area contributed by atoms with Gasteiger partial charge in [-0.05, 0) is 13.0 Å². The number of H-pyrrole nitrogens is 1. The predicted octanol–water partition coefficient (Wildman–Crippen LogP) is 0.160. The lowest BCUT2D eigenvalue weighted by Gasteiger charge is -1.94. The first-order valence-electron chi connectivity index (χ1n) is 3.10. The summed E-state index contributed by atoms with van der Waals surface area (Å²) < 4.78 is 0. The highest BCUT2D eigenvalue weighted by molar-refractivity contribution is 5.94. The minimum atomic E-state index is -0.366. The molecule has 11 heavy (non-hydrogen) atoms. The van der Waals surface area contributed by atoms with Crippen molar-refractivity contribution < 1.29 is 4.79 Å². The van der Waals surface area contributed by atoms with Gasteiger partial charge >= 0.3 is 0 Å². The predicted molar refractivity (Wildman–Crippen MR) is 41.5 cm³/mol. The molecule has 0 aliphatic heterocycles. The summed E-state index contributed by atoms with van der Waals surface area (Å²) >= 11 is 0. The number of hydrogen-bond acceptors (Lipinski definition) is 3. The van der Waals surface area contributed by atoms with E-state index >= 15 is 0 Å². The number of Topliss-reactive ketones (excluding diaryl/α,β-unsaturated/α-hetero) is 1. The Morgan fingerprint density at radius 2 is 2.27 bits per heavy atom. The number of aromatic nitrogens is 1. The Morgan fingerprint density at radius 3 is 2.73 bits per heavy atom. The molecule has 0 amide bonds. The molecule has 0 atom stereocenters. The lowest BCUT2D eigenvalue weighted by atomic mass is 10.2. The minimum absolute atomic E-state index is 0.0673. The van der Waals surface area contributed by atoms with Crippen molar-refractivity contribution in [3.05, 3.63) is 28.2 Å². The average molecular weight is 152 g/mol. The molecule has 0 aliphatic rings. The summed E-state index contributed by atoms with van der Waals surface area (Å²) in [7, 11) is 0. The van der Waals surface area contributed by atoms with Crippen molar-refractivity contribution in [2.24, 2.45) is 0 Å². The van der Waals surface area contributed by atoms with Crippen molar-refractivity contribution in [1.29, 1.82) is 0 Å². The fraction of sp³-hybridized carbons (Fsp3) is 0.143. The van der Waals surface area contributed by atoms with Crippen LogP contribution in [0.15, 0.2) is 17.1 Å². The highest BCUT2D eigenvalue weighted by Gasteiger charge is 2.00. The molecule has 1 rings (SSSR count). The monoisotopic (exact) mass is 152 g/mol. The number of hydrogen-bond donors (Lipinski definition) is 2. The number of anilines is 1. The van der Waals surface area contributed by atoms with Gasteiger partial charge in [-0.3, -0.25) is 9.59 Å². The largest absolute Gasteiger partial charge is 0.394 e. The van der Waals surface area contributed by atoms with Gasteiger partial charge in [-0.15, -0.1) is 0 Å². The smallest absolute Gasteiger partial charge is 0.271 e.